The lowest BCUT2D eigenvalue weighted by atomic mass is 10.0. The van der Waals surface area contributed by atoms with Gasteiger partial charge in [-0.3, -0.25) is 4.79 Å². The van der Waals surface area contributed by atoms with Gasteiger partial charge in [-0.25, -0.2) is 0 Å². The molecule has 1 aliphatic rings. The molecule has 0 radical (unpaired) electrons. The number of nitrogens with one attached hydrogen (secondary N) is 2. The molecule has 25 heavy (non-hydrogen) atoms. The molecule has 0 heterocycles. The van der Waals surface area contributed by atoms with Crippen molar-refractivity contribution in [2.45, 2.75) is 32.2 Å². The van der Waals surface area contributed by atoms with Crippen molar-refractivity contribution in [3.8, 4) is 0 Å². The van der Waals surface area contributed by atoms with Crippen molar-refractivity contribution in [3.05, 3.63) is 65.2 Å². The number of rotatable bonds is 7. The Kier molecular flexibility index (Phi) is 5.64. The monoisotopic (exact) mass is 356 g/mol. The second-order valence-corrected chi connectivity index (χ2v) is 7.48. The molecule has 2 aromatic rings. The van der Waals surface area contributed by atoms with E-state index in [4.69, 9.17) is 11.6 Å². The number of hydrogen-bond donors (Lipinski definition) is 2. The maximum absolute atomic E-state index is 12.5. The molecule has 1 fully saturated rings. The van der Waals surface area contributed by atoms with Gasteiger partial charge in [0, 0.05) is 29.2 Å². The summed E-state index contributed by atoms with van der Waals surface area (Å²) in [5.41, 5.74) is 2.17. The highest BCUT2D eigenvalue weighted by Crippen LogP contribution is 2.49. The van der Waals surface area contributed by atoms with Crippen LogP contribution in [0.5, 0.6) is 0 Å². The minimum atomic E-state index is 0.0458. The largest absolute Gasteiger partial charge is 0.380 e. The van der Waals surface area contributed by atoms with Crippen molar-refractivity contribution in [2.24, 2.45) is 11.8 Å². The van der Waals surface area contributed by atoms with Gasteiger partial charge in [-0.15, -0.1) is 0 Å². The summed E-state index contributed by atoms with van der Waals surface area (Å²) in [5, 5.41) is 7.39. The summed E-state index contributed by atoms with van der Waals surface area (Å²) < 4.78 is 0. The van der Waals surface area contributed by atoms with E-state index >= 15 is 0 Å². The molecule has 0 bridgehead atoms. The molecule has 3 atom stereocenters. The summed E-state index contributed by atoms with van der Waals surface area (Å²) in [6.45, 7) is 4.95. The molecule has 1 amide bonds. The fourth-order valence-corrected chi connectivity index (χ4v) is 3.42. The molecule has 4 heteroatoms. The standard InChI is InChI=1S/C21H25ClN2O/c1-14(2)20(24-15-8-4-3-5-9-15)13-23-21(25)18-12-17(18)16-10-6-7-11-19(16)22/h3-11,14,17-18,20,24H,12-13H2,1-2H3,(H,23,25). The Bertz CT molecular complexity index is 717. The Morgan fingerprint density at radius 1 is 1.12 bits per heavy atom. The van der Waals surface area contributed by atoms with Gasteiger partial charge < -0.3 is 10.6 Å². The Balaban J connectivity index is 1.53. The van der Waals surface area contributed by atoms with Crippen molar-refractivity contribution >= 4 is 23.2 Å². The van der Waals surface area contributed by atoms with E-state index in [1.165, 1.54) is 0 Å². The Morgan fingerprint density at radius 3 is 2.48 bits per heavy atom. The molecular weight excluding hydrogens is 332 g/mol. The zero-order valence-electron chi connectivity index (χ0n) is 14.7. The summed E-state index contributed by atoms with van der Waals surface area (Å²) in [7, 11) is 0. The van der Waals surface area contributed by atoms with E-state index in [2.05, 4.69) is 24.5 Å². The van der Waals surface area contributed by atoms with Gasteiger partial charge in [0.05, 0.1) is 0 Å². The fourth-order valence-electron chi connectivity index (χ4n) is 3.15. The smallest absolute Gasteiger partial charge is 0.223 e. The maximum Gasteiger partial charge on any atom is 0.223 e. The third-order valence-electron chi connectivity index (χ3n) is 4.86. The SMILES string of the molecule is CC(C)C(CNC(=O)C1CC1c1ccccc1Cl)Nc1ccccc1. The van der Waals surface area contributed by atoms with Crippen LogP contribution in [0.4, 0.5) is 5.69 Å². The Morgan fingerprint density at radius 2 is 1.80 bits per heavy atom. The van der Waals surface area contributed by atoms with Gasteiger partial charge in [-0.1, -0.05) is 61.8 Å². The van der Waals surface area contributed by atoms with E-state index in [0.29, 0.717) is 12.5 Å². The molecule has 2 N–H and O–H groups in total. The summed E-state index contributed by atoms with van der Waals surface area (Å²) in [5.74, 6) is 0.849. The third kappa shape index (κ3) is 4.55. The van der Waals surface area contributed by atoms with E-state index < -0.39 is 0 Å². The first-order valence-corrected chi connectivity index (χ1v) is 9.27. The normalized spacial score (nSPS) is 20.2. The lowest BCUT2D eigenvalue weighted by Gasteiger charge is -2.24. The van der Waals surface area contributed by atoms with Crippen molar-refractivity contribution in [1.82, 2.24) is 5.32 Å². The molecule has 1 aliphatic carbocycles. The Hall–Kier alpha value is -2.00. The third-order valence-corrected chi connectivity index (χ3v) is 5.20. The fraction of sp³-hybridized carbons (Fsp3) is 0.381. The summed E-state index contributed by atoms with van der Waals surface area (Å²) in [6.07, 6.45) is 0.883. The van der Waals surface area contributed by atoms with Crippen LogP contribution in [0.1, 0.15) is 31.7 Å². The molecule has 3 nitrogen and oxygen atoms in total. The van der Waals surface area contributed by atoms with Crippen molar-refractivity contribution in [1.29, 1.82) is 0 Å². The molecule has 1 saturated carbocycles. The number of amides is 1. The minimum absolute atomic E-state index is 0.0458. The minimum Gasteiger partial charge on any atom is -0.380 e. The molecule has 3 rings (SSSR count). The van der Waals surface area contributed by atoms with E-state index in [1.807, 2.05) is 54.6 Å². The van der Waals surface area contributed by atoms with Gasteiger partial charge in [0.25, 0.3) is 0 Å². The van der Waals surface area contributed by atoms with Crippen LogP contribution in [0.25, 0.3) is 0 Å². The first kappa shape index (κ1) is 17.8. The number of carbonyl (C=O) groups excluding carboxylic acids is 1. The number of anilines is 1. The van der Waals surface area contributed by atoms with Crippen molar-refractivity contribution in [3.63, 3.8) is 0 Å². The number of halogens is 1. The molecule has 0 spiro atoms. The first-order valence-electron chi connectivity index (χ1n) is 8.90. The van der Waals surface area contributed by atoms with Crippen LogP contribution < -0.4 is 10.6 Å². The van der Waals surface area contributed by atoms with Crippen LogP contribution in [0.15, 0.2) is 54.6 Å². The van der Waals surface area contributed by atoms with Gasteiger partial charge in [0.1, 0.15) is 0 Å². The predicted molar refractivity (Wildman–Crippen MR) is 104 cm³/mol. The average Bonchev–Trinajstić information content (AvgIpc) is 3.40. The van der Waals surface area contributed by atoms with Crippen LogP contribution >= 0.6 is 11.6 Å². The van der Waals surface area contributed by atoms with Crippen LogP contribution in [-0.4, -0.2) is 18.5 Å². The van der Waals surface area contributed by atoms with Gasteiger partial charge in [-0.2, -0.15) is 0 Å². The molecule has 0 aliphatic heterocycles. The number of para-hydroxylation sites is 1. The second-order valence-electron chi connectivity index (χ2n) is 7.08. The topological polar surface area (TPSA) is 41.1 Å². The highest BCUT2D eigenvalue weighted by molar-refractivity contribution is 6.31. The van der Waals surface area contributed by atoms with Gasteiger partial charge in [-0.05, 0) is 42.0 Å². The maximum atomic E-state index is 12.5. The highest BCUT2D eigenvalue weighted by atomic mass is 35.5. The molecule has 132 valence electrons. The van der Waals surface area contributed by atoms with Gasteiger partial charge in [0.15, 0.2) is 0 Å². The van der Waals surface area contributed by atoms with E-state index in [9.17, 15) is 4.79 Å². The van der Waals surface area contributed by atoms with Crippen LogP contribution in [0.2, 0.25) is 5.02 Å². The highest BCUT2D eigenvalue weighted by Gasteiger charge is 2.44. The van der Waals surface area contributed by atoms with Crippen molar-refractivity contribution in [2.75, 3.05) is 11.9 Å². The molecular formula is C21H25ClN2O. The molecule has 0 aromatic heterocycles. The number of carbonyl (C=O) groups is 1. The lowest BCUT2D eigenvalue weighted by molar-refractivity contribution is -0.122. The quantitative estimate of drug-likeness (QED) is 0.755. The molecule has 3 unspecified atom stereocenters. The molecule has 0 saturated heterocycles. The summed E-state index contributed by atoms with van der Waals surface area (Å²) in [6, 6.07) is 18.1. The van der Waals surface area contributed by atoms with Crippen molar-refractivity contribution < 1.29 is 4.79 Å². The predicted octanol–water partition coefficient (Wildman–Crippen LogP) is 4.70. The average molecular weight is 357 g/mol. The zero-order valence-corrected chi connectivity index (χ0v) is 15.5. The molecule has 2 aromatic carbocycles. The first-order chi connectivity index (χ1) is 12.1. The summed E-state index contributed by atoms with van der Waals surface area (Å²) >= 11 is 6.25. The van der Waals surface area contributed by atoms with Crippen LogP contribution in [0.3, 0.4) is 0 Å². The van der Waals surface area contributed by atoms with Gasteiger partial charge in [0.2, 0.25) is 5.91 Å². The zero-order chi connectivity index (χ0) is 17.8. The second kappa shape index (κ2) is 7.92. The summed E-state index contributed by atoms with van der Waals surface area (Å²) in [4.78, 5) is 12.5. The Labute approximate surface area is 154 Å². The van der Waals surface area contributed by atoms with E-state index in [1.54, 1.807) is 0 Å². The van der Waals surface area contributed by atoms with Crippen LogP contribution in [0, 0.1) is 11.8 Å². The van der Waals surface area contributed by atoms with Gasteiger partial charge >= 0.3 is 0 Å². The van der Waals surface area contributed by atoms with E-state index in [0.717, 1.165) is 22.7 Å². The van der Waals surface area contributed by atoms with E-state index in [-0.39, 0.29) is 23.8 Å². The van der Waals surface area contributed by atoms with Crippen LogP contribution in [-0.2, 0) is 4.79 Å². The number of hydrogen-bond acceptors (Lipinski definition) is 2. The number of benzene rings is 2. The lowest BCUT2D eigenvalue weighted by Crippen LogP contribution is -2.40.